The third-order valence-corrected chi connectivity index (χ3v) is 5.61. The van der Waals surface area contributed by atoms with E-state index in [1.54, 1.807) is 11.3 Å². The van der Waals surface area contributed by atoms with Gasteiger partial charge in [0.2, 0.25) is 0 Å². The fraction of sp³-hybridized carbons (Fsp3) is 0.267. The van der Waals surface area contributed by atoms with Crippen molar-refractivity contribution in [2.45, 2.75) is 33.6 Å². The Labute approximate surface area is 196 Å². The zero-order valence-corrected chi connectivity index (χ0v) is 19.9. The van der Waals surface area contributed by atoms with E-state index in [9.17, 15) is 5.11 Å². The normalized spacial score (nSPS) is 12.0. The van der Waals surface area contributed by atoms with Crippen molar-refractivity contribution in [1.29, 1.82) is 0 Å². The summed E-state index contributed by atoms with van der Waals surface area (Å²) in [5.41, 5.74) is 6.00. The van der Waals surface area contributed by atoms with Gasteiger partial charge in [-0.05, 0) is 95.7 Å². The Morgan fingerprint density at radius 3 is 2.38 bits per heavy atom. The lowest BCUT2D eigenvalue weighted by Gasteiger charge is -2.11. The Hall–Kier alpha value is -3.04. The highest BCUT2D eigenvalue weighted by molar-refractivity contribution is 7.08. The van der Waals surface area contributed by atoms with Gasteiger partial charge in [-0.2, -0.15) is 11.3 Å². The minimum absolute atomic E-state index is 0.0375. The van der Waals surface area contributed by atoms with Crippen LogP contribution in [0.5, 0.6) is 0 Å². The molecule has 0 aliphatic carbocycles. The summed E-state index contributed by atoms with van der Waals surface area (Å²) in [6.07, 6.45) is 5.74. The molecule has 1 atom stereocenters. The summed E-state index contributed by atoms with van der Waals surface area (Å²) in [6.45, 7) is 6.33. The van der Waals surface area contributed by atoms with E-state index < -0.39 is 0 Å². The van der Waals surface area contributed by atoms with Gasteiger partial charge in [0.05, 0.1) is 0 Å². The second-order valence-electron chi connectivity index (χ2n) is 8.97. The highest BCUT2D eigenvalue weighted by atomic mass is 32.1. The van der Waals surface area contributed by atoms with Crippen molar-refractivity contribution >= 4 is 23.5 Å². The molecular formula is C30H30OS. The standard InChI is InChI=1S/C30H30OS/c1-30(2,3)17-6-4-5-9-27(22-31)20-26-12-7-10-24(19-26)14-15-25-11-8-13-28(21-25)29-16-18-32-23-29/h7-8,10-16,18-19,21,23,27,31H,9,20,22H2,1-3H3/b15-14+. The average molecular weight is 439 g/mol. The minimum Gasteiger partial charge on any atom is -0.396 e. The lowest BCUT2D eigenvalue weighted by atomic mass is 9.95. The van der Waals surface area contributed by atoms with E-state index in [0.717, 1.165) is 12.0 Å². The van der Waals surface area contributed by atoms with Gasteiger partial charge >= 0.3 is 0 Å². The first-order valence-electron chi connectivity index (χ1n) is 10.9. The number of hydrogen-bond acceptors (Lipinski definition) is 2. The predicted molar refractivity (Wildman–Crippen MR) is 139 cm³/mol. The van der Waals surface area contributed by atoms with Crippen LogP contribution in [0.1, 0.15) is 43.9 Å². The van der Waals surface area contributed by atoms with Crippen molar-refractivity contribution in [2.24, 2.45) is 11.3 Å². The molecule has 1 unspecified atom stereocenters. The van der Waals surface area contributed by atoms with Gasteiger partial charge in [0.1, 0.15) is 0 Å². The third-order valence-electron chi connectivity index (χ3n) is 4.92. The molecule has 0 amide bonds. The van der Waals surface area contributed by atoms with Crippen LogP contribution in [0.2, 0.25) is 0 Å². The Morgan fingerprint density at radius 2 is 1.69 bits per heavy atom. The maximum atomic E-state index is 9.78. The van der Waals surface area contributed by atoms with Crippen molar-refractivity contribution < 1.29 is 5.11 Å². The number of hydrogen-bond donors (Lipinski definition) is 1. The smallest absolute Gasteiger partial charge is 0.0471 e. The van der Waals surface area contributed by atoms with E-state index >= 15 is 0 Å². The Morgan fingerprint density at radius 1 is 0.938 bits per heavy atom. The molecule has 1 nitrogen and oxygen atoms in total. The zero-order chi connectivity index (χ0) is 22.8. The first-order valence-corrected chi connectivity index (χ1v) is 11.9. The van der Waals surface area contributed by atoms with Gasteiger partial charge < -0.3 is 5.11 Å². The molecule has 3 aromatic rings. The van der Waals surface area contributed by atoms with Gasteiger partial charge in [-0.25, -0.2) is 0 Å². The van der Waals surface area contributed by atoms with Gasteiger partial charge in [0.25, 0.3) is 0 Å². The van der Waals surface area contributed by atoms with Crippen molar-refractivity contribution in [3.05, 3.63) is 82.0 Å². The molecule has 0 saturated heterocycles. The van der Waals surface area contributed by atoms with E-state index in [4.69, 9.17) is 0 Å². The highest BCUT2D eigenvalue weighted by Gasteiger charge is 2.08. The molecule has 1 N–H and O–H groups in total. The van der Waals surface area contributed by atoms with Crippen molar-refractivity contribution in [3.63, 3.8) is 0 Å². The molecule has 1 heterocycles. The predicted octanol–water partition coefficient (Wildman–Crippen LogP) is 7.18. The Balaban J connectivity index is 1.64. The lowest BCUT2D eigenvalue weighted by molar-refractivity contribution is 0.228. The molecule has 0 fully saturated rings. The molecule has 2 heteroatoms. The molecule has 3 rings (SSSR count). The molecule has 0 bridgehead atoms. The summed E-state index contributed by atoms with van der Waals surface area (Å²) >= 11 is 1.72. The van der Waals surface area contributed by atoms with Crippen molar-refractivity contribution in [2.75, 3.05) is 6.61 Å². The summed E-state index contributed by atoms with van der Waals surface area (Å²) in [5, 5.41) is 14.1. The van der Waals surface area contributed by atoms with Crippen molar-refractivity contribution in [3.8, 4) is 34.8 Å². The van der Waals surface area contributed by atoms with Gasteiger partial charge in [-0.1, -0.05) is 66.5 Å². The largest absolute Gasteiger partial charge is 0.396 e. The molecule has 2 aromatic carbocycles. The maximum Gasteiger partial charge on any atom is 0.0471 e. The van der Waals surface area contributed by atoms with Gasteiger partial charge in [0.15, 0.2) is 0 Å². The Kier molecular flexibility index (Phi) is 8.52. The van der Waals surface area contributed by atoms with Gasteiger partial charge in [-0.15, -0.1) is 0 Å². The fourth-order valence-corrected chi connectivity index (χ4v) is 3.92. The summed E-state index contributed by atoms with van der Waals surface area (Å²) in [7, 11) is 0. The molecule has 0 radical (unpaired) electrons. The second-order valence-corrected chi connectivity index (χ2v) is 9.75. The number of rotatable bonds is 7. The first kappa shape index (κ1) is 23.6. The number of aliphatic hydroxyl groups excluding tert-OH is 1. The quantitative estimate of drug-likeness (QED) is 0.306. The molecule has 0 aliphatic heterocycles. The molecule has 162 valence electrons. The van der Waals surface area contributed by atoms with Gasteiger partial charge in [-0.3, -0.25) is 0 Å². The topological polar surface area (TPSA) is 20.2 Å². The van der Waals surface area contributed by atoms with E-state index in [1.165, 1.54) is 22.3 Å². The number of aliphatic hydroxyl groups is 1. The second kappa shape index (κ2) is 11.5. The number of thiophene rings is 1. The molecule has 32 heavy (non-hydrogen) atoms. The molecule has 1 aromatic heterocycles. The molecule has 0 spiro atoms. The monoisotopic (exact) mass is 438 g/mol. The Bertz CT molecular complexity index is 1160. The van der Waals surface area contributed by atoms with E-state index in [-0.39, 0.29) is 17.9 Å². The minimum atomic E-state index is -0.0375. The molecule has 0 aliphatic rings. The van der Waals surface area contributed by atoms with Crippen LogP contribution in [-0.2, 0) is 6.42 Å². The lowest BCUT2D eigenvalue weighted by Crippen LogP contribution is -2.08. The fourth-order valence-electron chi connectivity index (χ4n) is 3.26. The summed E-state index contributed by atoms with van der Waals surface area (Å²) in [6, 6.07) is 19.2. The number of benzene rings is 2. The first-order chi connectivity index (χ1) is 15.4. The van der Waals surface area contributed by atoms with Crippen LogP contribution in [0, 0.1) is 35.0 Å². The SMILES string of the molecule is CC(C)(C)C#CC#CCC(CO)Cc1cccc(/C=C/c2cccc(-c3ccsc3)c2)c1. The van der Waals surface area contributed by atoms with Crippen LogP contribution in [0.25, 0.3) is 23.3 Å². The zero-order valence-electron chi connectivity index (χ0n) is 19.1. The maximum absolute atomic E-state index is 9.78. The van der Waals surface area contributed by atoms with E-state index in [0.29, 0.717) is 6.42 Å². The summed E-state index contributed by atoms with van der Waals surface area (Å²) in [5.74, 6) is 12.2. The molecule has 0 saturated carbocycles. The van der Waals surface area contributed by atoms with Crippen LogP contribution < -0.4 is 0 Å². The summed E-state index contributed by atoms with van der Waals surface area (Å²) < 4.78 is 0. The van der Waals surface area contributed by atoms with Crippen LogP contribution in [0.4, 0.5) is 0 Å². The average Bonchev–Trinajstić information content (AvgIpc) is 3.31. The van der Waals surface area contributed by atoms with Crippen LogP contribution in [-0.4, -0.2) is 11.7 Å². The third kappa shape index (κ3) is 7.90. The summed E-state index contributed by atoms with van der Waals surface area (Å²) in [4.78, 5) is 0. The van der Waals surface area contributed by atoms with E-state index in [2.05, 4.69) is 122 Å². The highest BCUT2D eigenvalue weighted by Crippen LogP contribution is 2.24. The van der Waals surface area contributed by atoms with Crippen LogP contribution in [0.3, 0.4) is 0 Å². The van der Waals surface area contributed by atoms with E-state index in [1.807, 2.05) is 0 Å². The van der Waals surface area contributed by atoms with Crippen LogP contribution >= 0.6 is 11.3 Å². The van der Waals surface area contributed by atoms with Gasteiger partial charge in [0, 0.05) is 18.4 Å². The molecular weight excluding hydrogens is 408 g/mol. The van der Waals surface area contributed by atoms with Crippen molar-refractivity contribution in [1.82, 2.24) is 0 Å². The van der Waals surface area contributed by atoms with Crippen LogP contribution in [0.15, 0.2) is 65.4 Å².